The third-order valence-corrected chi connectivity index (χ3v) is 2.44. The molecule has 0 amide bonds. The van der Waals surface area contributed by atoms with E-state index in [0.717, 1.165) is 24.5 Å². The molecule has 0 N–H and O–H groups in total. The zero-order valence-electron chi connectivity index (χ0n) is 8.60. The lowest BCUT2D eigenvalue weighted by molar-refractivity contribution is -0.384. The third kappa shape index (κ3) is 2.00. The highest BCUT2D eigenvalue weighted by molar-refractivity contribution is 6.31. The predicted molar refractivity (Wildman–Crippen MR) is 59.0 cm³/mol. The van der Waals surface area contributed by atoms with E-state index in [1.807, 2.05) is 0 Å². The highest BCUT2D eigenvalue weighted by Crippen LogP contribution is 2.34. The minimum absolute atomic E-state index is 0.479. The Morgan fingerprint density at radius 2 is 1.83 bits per heavy atom. The SMILES string of the molecule is O=[N+]([O-])c1c(Cl)ncnc1-c1c(F)cccc1F. The van der Waals surface area contributed by atoms with E-state index >= 15 is 0 Å². The number of nitrogens with zero attached hydrogens (tertiary/aromatic N) is 3. The Kier molecular flexibility index (Phi) is 3.15. The van der Waals surface area contributed by atoms with Crippen LogP contribution in [0.15, 0.2) is 24.5 Å². The summed E-state index contributed by atoms with van der Waals surface area (Å²) in [5.74, 6) is -1.93. The summed E-state index contributed by atoms with van der Waals surface area (Å²) in [5, 5.41) is 10.4. The Hall–Kier alpha value is -2.15. The van der Waals surface area contributed by atoms with Crippen molar-refractivity contribution < 1.29 is 13.7 Å². The van der Waals surface area contributed by atoms with Gasteiger partial charge < -0.3 is 0 Å². The summed E-state index contributed by atoms with van der Waals surface area (Å²) in [6.45, 7) is 0. The lowest BCUT2D eigenvalue weighted by Gasteiger charge is -2.05. The molecule has 0 aliphatic heterocycles. The van der Waals surface area contributed by atoms with Crippen LogP contribution in [0.5, 0.6) is 0 Å². The monoisotopic (exact) mass is 271 g/mol. The topological polar surface area (TPSA) is 68.9 Å². The zero-order valence-corrected chi connectivity index (χ0v) is 9.36. The van der Waals surface area contributed by atoms with Crippen molar-refractivity contribution in [3.63, 3.8) is 0 Å². The highest BCUT2D eigenvalue weighted by atomic mass is 35.5. The van der Waals surface area contributed by atoms with Crippen LogP contribution in [-0.2, 0) is 0 Å². The maximum Gasteiger partial charge on any atom is 0.332 e. The summed E-state index contributed by atoms with van der Waals surface area (Å²) in [6, 6.07) is 3.08. The molecule has 1 heterocycles. The molecule has 1 aromatic carbocycles. The number of rotatable bonds is 2. The van der Waals surface area contributed by atoms with Gasteiger partial charge >= 0.3 is 5.69 Å². The molecule has 0 atom stereocenters. The molecule has 0 radical (unpaired) electrons. The highest BCUT2D eigenvalue weighted by Gasteiger charge is 2.26. The van der Waals surface area contributed by atoms with Crippen LogP contribution in [0, 0.1) is 21.7 Å². The fraction of sp³-hybridized carbons (Fsp3) is 0. The van der Waals surface area contributed by atoms with Crippen LogP contribution in [-0.4, -0.2) is 14.9 Å². The van der Waals surface area contributed by atoms with Gasteiger partial charge in [0, 0.05) is 0 Å². The molecule has 0 unspecified atom stereocenters. The van der Waals surface area contributed by atoms with Crippen molar-refractivity contribution in [3.05, 3.63) is 51.4 Å². The molecule has 92 valence electrons. The van der Waals surface area contributed by atoms with Crippen molar-refractivity contribution in [2.75, 3.05) is 0 Å². The first-order chi connectivity index (χ1) is 8.52. The third-order valence-electron chi connectivity index (χ3n) is 2.16. The fourth-order valence-corrected chi connectivity index (χ4v) is 1.63. The predicted octanol–water partition coefficient (Wildman–Crippen LogP) is 2.98. The fourth-order valence-electron chi connectivity index (χ4n) is 1.43. The molecule has 0 bridgehead atoms. The molecule has 0 aliphatic rings. The number of hydrogen-bond acceptors (Lipinski definition) is 4. The summed E-state index contributed by atoms with van der Waals surface area (Å²) in [5.41, 5.74) is -1.83. The smallest absolute Gasteiger partial charge is 0.258 e. The minimum atomic E-state index is -0.965. The number of nitro groups is 1. The average molecular weight is 272 g/mol. The number of halogens is 3. The first-order valence-electron chi connectivity index (χ1n) is 4.61. The summed E-state index contributed by atoms with van der Waals surface area (Å²) in [4.78, 5) is 16.9. The number of hydrogen-bond donors (Lipinski definition) is 0. The quantitative estimate of drug-likeness (QED) is 0.478. The van der Waals surface area contributed by atoms with Gasteiger partial charge in [-0.3, -0.25) is 10.1 Å². The van der Waals surface area contributed by atoms with E-state index in [1.54, 1.807) is 0 Å². The first kappa shape index (κ1) is 12.3. The van der Waals surface area contributed by atoms with Gasteiger partial charge in [0.05, 0.1) is 10.5 Å². The van der Waals surface area contributed by atoms with Crippen LogP contribution in [0.1, 0.15) is 0 Å². The van der Waals surface area contributed by atoms with Crippen molar-refractivity contribution in [2.45, 2.75) is 0 Å². The number of benzene rings is 1. The summed E-state index contributed by atoms with van der Waals surface area (Å²) in [6.07, 6.45) is 0.899. The summed E-state index contributed by atoms with van der Waals surface area (Å²) < 4.78 is 27.1. The van der Waals surface area contributed by atoms with Gasteiger partial charge in [0.1, 0.15) is 18.0 Å². The van der Waals surface area contributed by atoms with Gasteiger partial charge in [0.25, 0.3) is 0 Å². The second kappa shape index (κ2) is 4.61. The Morgan fingerprint density at radius 3 is 2.39 bits per heavy atom. The Morgan fingerprint density at radius 1 is 1.22 bits per heavy atom. The molecule has 2 rings (SSSR count). The van der Waals surface area contributed by atoms with E-state index in [-0.39, 0.29) is 0 Å². The van der Waals surface area contributed by atoms with Crippen LogP contribution >= 0.6 is 11.6 Å². The van der Waals surface area contributed by atoms with Gasteiger partial charge in [-0.2, -0.15) is 0 Å². The van der Waals surface area contributed by atoms with Gasteiger partial charge in [0.15, 0.2) is 5.69 Å². The lowest BCUT2D eigenvalue weighted by Crippen LogP contribution is -2.00. The van der Waals surface area contributed by atoms with Crippen LogP contribution in [0.3, 0.4) is 0 Å². The van der Waals surface area contributed by atoms with E-state index in [2.05, 4.69) is 9.97 Å². The molecule has 0 saturated carbocycles. The second-order valence-electron chi connectivity index (χ2n) is 3.22. The summed E-state index contributed by atoms with van der Waals surface area (Å²) in [7, 11) is 0. The molecule has 0 saturated heterocycles. The van der Waals surface area contributed by atoms with Gasteiger partial charge in [0.2, 0.25) is 5.15 Å². The molecular weight excluding hydrogens is 268 g/mol. The Balaban J connectivity index is 2.80. The van der Waals surface area contributed by atoms with Crippen LogP contribution in [0.2, 0.25) is 5.15 Å². The lowest BCUT2D eigenvalue weighted by atomic mass is 10.1. The number of aromatic nitrogens is 2. The molecule has 0 spiro atoms. The van der Waals surface area contributed by atoms with Crippen LogP contribution in [0.4, 0.5) is 14.5 Å². The van der Waals surface area contributed by atoms with Crippen molar-refractivity contribution in [1.82, 2.24) is 9.97 Å². The molecule has 0 fully saturated rings. The van der Waals surface area contributed by atoms with E-state index in [1.165, 1.54) is 0 Å². The van der Waals surface area contributed by atoms with Crippen LogP contribution in [0.25, 0.3) is 11.3 Å². The average Bonchev–Trinajstić information content (AvgIpc) is 2.28. The summed E-state index contributed by atoms with van der Waals surface area (Å²) >= 11 is 5.54. The van der Waals surface area contributed by atoms with Gasteiger partial charge in [-0.05, 0) is 12.1 Å². The Bertz CT molecular complexity index is 616. The molecular formula is C10H4ClF2N3O2. The van der Waals surface area contributed by atoms with Crippen molar-refractivity contribution in [2.24, 2.45) is 0 Å². The van der Waals surface area contributed by atoms with Gasteiger partial charge in [-0.1, -0.05) is 17.7 Å². The Labute approximate surface area is 104 Å². The van der Waals surface area contributed by atoms with E-state index in [4.69, 9.17) is 11.6 Å². The molecule has 2 aromatic rings. The molecule has 5 nitrogen and oxygen atoms in total. The van der Waals surface area contributed by atoms with Crippen molar-refractivity contribution in [3.8, 4) is 11.3 Å². The molecule has 8 heteroatoms. The molecule has 1 aromatic heterocycles. The maximum absolute atomic E-state index is 13.5. The minimum Gasteiger partial charge on any atom is -0.258 e. The van der Waals surface area contributed by atoms with E-state index in [9.17, 15) is 18.9 Å². The van der Waals surface area contributed by atoms with Crippen LogP contribution < -0.4 is 0 Å². The normalized spacial score (nSPS) is 10.4. The van der Waals surface area contributed by atoms with Gasteiger partial charge in [-0.15, -0.1) is 0 Å². The van der Waals surface area contributed by atoms with E-state index in [0.29, 0.717) is 0 Å². The first-order valence-corrected chi connectivity index (χ1v) is 4.99. The molecule has 18 heavy (non-hydrogen) atoms. The van der Waals surface area contributed by atoms with Crippen molar-refractivity contribution in [1.29, 1.82) is 0 Å². The standard InChI is InChI=1S/C10H4ClF2N3O2/c11-10-9(16(17)18)8(14-4-15-10)7-5(12)2-1-3-6(7)13/h1-4H. The zero-order chi connectivity index (χ0) is 13.3. The van der Waals surface area contributed by atoms with Gasteiger partial charge in [-0.25, -0.2) is 18.7 Å². The molecule has 0 aliphatic carbocycles. The maximum atomic E-state index is 13.5. The largest absolute Gasteiger partial charge is 0.332 e. The second-order valence-corrected chi connectivity index (χ2v) is 3.57. The van der Waals surface area contributed by atoms with Crippen molar-refractivity contribution >= 4 is 17.3 Å². The van der Waals surface area contributed by atoms with E-state index < -0.39 is 38.7 Å².